The maximum absolute atomic E-state index is 12.2. The number of amides is 1. The van der Waals surface area contributed by atoms with Crippen molar-refractivity contribution in [3.05, 3.63) is 76.3 Å². The minimum absolute atomic E-state index is 0.0458. The molecule has 3 rings (SSSR count). The predicted molar refractivity (Wildman–Crippen MR) is 94.6 cm³/mol. The highest BCUT2D eigenvalue weighted by Crippen LogP contribution is 2.38. The Balaban J connectivity index is 2.11. The Labute approximate surface area is 144 Å². The van der Waals surface area contributed by atoms with Crippen molar-refractivity contribution in [2.75, 3.05) is 13.7 Å². The van der Waals surface area contributed by atoms with Gasteiger partial charge in [0.05, 0.1) is 7.11 Å². The Morgan fingerprint density at radius 1 is 1.30 bits per heavy atom. The van der Waals surface area contributed by atoms with Gasteiger partial charge in [0.1, 0.15) is 5.75 Å². The predicted octanol–water partition coefficient (Wildman–Crippen LogP) is 4.12. The van der Waals surface area contributed by atoms with Gasteiger partial charge >= 0.3 is 0 Å². The molecule has 1 aliphatic heterocycles. The smallest absolute Gasteiger partial charge is 0.246 e. The number of ether oxygens (including phenoxy) is 1. The van der Waals surface area contributed by atoms with Gasteiger partial charge in [0, 0.05) is 29.0 Å². The first-order chi connectivity index (χ1) is 11.1. The number of hydrogen-bond acceptors (Lipinski definition) is 2. The van der Waals surface area contributed by atoms with Crippen molar-refractivity contribution in [3.8, 4) is 5.75 Å². The lowest BCUT2D eigenvalue weighted by Gasteiger charge is -2.35. The van der Waals surface area contributed by atoms with Gasteiger partial charge in [-0.2, -0.15) is 0 Å². The van der Waals surface area contributed by atoms with Crippen LogP contribution in [0, 0.1) is 0 Å². The molecule has 0 saturated heterocycles. The third-order valence-corrected chi connectivity index (χ3v) is 4.74. The highest BCUT2D eigenvalue weighted by molar-refractivity contribution is 9.10. The van der Waals surface area contributed by atoms with Crippen molar-refractivity contribution >= 4 is 21.8 Å². The molecule has 1 amide bonds. The molecule has 1 heterocycles. The lowest BCUT2D eigenvalue weighted by atomic mass is 9.84. The van der Waals surface area contributed by atoms with E-state index >= 15 is 0 Å². The van der Waals surface area contributed by atoms with Crippen molar-refractivity contribution in [1.29, 1.82) is 0 Å². The summed E-state index contributed by atoms with van der Waals surface area (Å²) in [7, 11) is 1.68. The molecular formula is C19H18BrNO2. The fraction of sp³-hybridized carbons (Fsp3) is 0.211. The van der Waals surface area contributed by atoms with Crippen LogP contribution in [0.2, 0.25) is 0 Å². The molecule has 0 unspecified atom stereocenters. The van der Waals surface area contributed by atoms with Crippen LogP contribution in [0.4, 0.5) is 0 Å². The van der Waals surface area contributed by atoms with Crippen LogP contribution in [-0.4, -0.2) is 24.5 Å². The summed E-state index contributed by atoms with van der Waals surface area (Å²) in [5, 5.41) is 0. The minimum Gasteiger partial charge on any atom is -0.496 e. The van der Waals surface area contributed by atoms with Crippen LogP contribution in [0.25, 0.3) is 0 Å². The number of carbonyl (C=O) groups is 1. The number of rotatable bonds is 3. The number of para-hydroxylation sites is 1. The van der Waals surface area contributed by atoms with Gasteiger partial charge in [0.2, 0.25) is 5.91 Å². The van der Waals surface area contributed by atoms with Gasteiger partial charge in [-0.1, -0.05) is 46.8 Å². The van der Waals surface area contributed by atoms with E-state index in [0.29, 0.717) is 13.1 Å². The molecule has 0 saturated carbocycles. The Hall–Kier alpha value is -2.07. The van der Waals surface area contributed by atoms with Gasteiger partial charge in [-0.15, -0.1) is 0 Å². The molecule has 2 aromatic carbocycles. The molecule has 23 heavy (non-hydrogen) atoms. The quantitative estimate of drug-likeness (QED) is 0.759. The zero-order valence-corrected chi connectivity index (χ0v) is 14.5. The topological polar surface area (TPSA) is 29.5 Å². The lowest BCUT2D eigenvalue weighted by Crippen LogP contribution is -2.37. The molecule has 0 aromatic heterocycles. The van der Waals surface area contributed by atoms with E-state index in [1.807, 2.05) is 29.2 Å². The van der Waals surface area contributed by atoms with Crippen LogP contribution in [-0.2, 0) is 11.3 Å². The Morgan fingerprint density at radius 3 is 2.83 bits per heavy atom. The molecular weight excluding hydrogens is 354 g/mol. The second kappa shape index (κ2) is 6.59. The molecule has 0 N–H and O–H groups in total. The summed E-state index contributed by atoms with van der Waals surface area (Å²) < 4.78 is 6.54. The number of carbonyl (C=O) groups excluding carboxylic acids is 1. The van der Waals surface area contributed by atoms with Crippen molar-refractivity contribution in [2.45, 2.75) is 12.5 Å². The summed E-state index contributed by atoms with van der Waals surface area (Å²) in [6.45, 7) is 4.84. The van der Waals surface area contributed by atoms with Gasteiger partial charge in [0.25, 0.3) is 0 Å². The summed E-state index contributed by atoms with van der Waals surface area (Å²) in [6.07, 6.45) is 1.38. The Bertz CT molecular complexity index is 757. The number of halogens is 1. The molecule has 0 aliphatic carbocycles. The molecule has 0 fully saturated rings. The van der Waals surface area contributed by atoms with E-state index in [9.17, 15) is 4.79 Å². The first kappa shape index (κ1) is 15.8. The van der Waals surface area contributed by atoms with E-state index in [1.54, 1.807) is 7.11 Å². The van der Waals surface area contributed by atoms with Crippen LogP contribution in [0.15, 0.2) is 59.6 Å². The monoisotopic (exact) mass is 371 g/mol. The fourth-order valence-electron chi connectivity index (χ4n) is 3.16. The van der Waals surface area contributed by atoms with E-state index < -0.39 is 0 Å². The highest BCUT2D eigenvalue weighted by Gasteiger charge is 2.30. The molecule has 0 radical (unpaired) electrons. The van der Waals surface area contributed by atoms with Crippen LogP contribution >= 0.6 is 15.9 Å². The van der Waals surface area contributed by atoms with Gasteiger partial charge in [-0.25, -0.2) is 0 Å². The zero-order chi connectivity index (χ0) is 16.4. The maximum Gasteiger partial charge on any atom is 0.246 e. The van der Waals surface area contributed by atoms with E-state index in [0.717, 1.165) is 21.3 Å². The molecule has 1 atom stereocenters. The number of fused-ring (bicyclic) bond motifs is 1. The number of benzene rings is 2. The first-order valence-corrected chi connectivity index (χ1v) is 8.26. The lowest BCUT2D eigenvalue weighted by molar-refractivity contribution is -0.127. The SMILES string of the molecule is C=CC(=O)N1Cc2cc(Br)ccc2[C@H](c2ccccc2OC)C1. The summed E-state index contributed by atoms with van der Waals surface area (Å²) in [5.41, 5.74) is 3.49. The van der Waals surface area contributed by atoms with Gasteiger partial charge in [-0.3, -0.25) is 4.79 Å². The standard InChI is InChI=1S/C19H18BrNO2/c1-3-19(22)21-11-13-10-14(20)8-9-15(13)17(12-21)16-6-4-5-7-18(16)23-2/h3-10,17H,1,11-12H2,2H3/t17-/m1/s1. The van der Waals surface area contributed by atoms with Crippen molar-refractivity contribution in [1.82, 2.24) is 4.90 Å². The van der Waals surface area contributed by atoms with Crippen molar-refractivity contribution in [3.63, 3.8) is 0 Å². The summed E-state index contributed by atoms with van der Waals surface area (Å²) in [4.78, 5) is 14.0. The summed E-state index contributed by atoms with van der Waals surface area (Å²) >= 11 is 3.52. The highest BCUT2D eigenvalue weighted by atomic mass is 79.9. The third kappa shape index (κ3) is 3.04. The van der Waals surface area contributed by atoms with Crippen molar-refractivity contribution in [2.24, 2.45) is 0 Å². The van der Waals surface area contributed by atoms with Gasteiger partial charge in [-0.05, 0) is 35.4 Å². The second-order valence-corrected chi connectivity index (χ2v) is 6.48. The van der Waals surface area contributed by atoms with Crippen molar-refractivity contribution < 1.29 is 9.53 Å². The molecule has 1 aliphatic rings. The van der Waals surface area contributed by atoms with Crippen LogP contribution in [0.3, 0.4) is 0 Å². The molecule has 0 bridgehead atoms. The van der Waals surface area contributed by atoms with E-state index in [4.69, 9.17) is 4.74 Å². The average molecular weight is 372 g/mol. The molecule has 0 spiro atoms. The van der Waals surface area contributed by atoms with Crippen LogP contribution in [0.5, 0.6) is 5.75 Å². The molecule has 4 heteroatoms. The zero-order valence-electron chi connectivity index (χ0n) is 13.0. The molecule has 3 nitrogen and oxygen atoms in total. The van der Waals surface area contributed by atoms with E-state index in [-0.39, 0.29) is 11.8 Å². The maximum atomic E-state index is 12.2. The second-order valence-electron chi connectivity index (χ2n) is 5.56. The molecule has 118 valence electrons. The van der Waals surface area contributed by atoms with Gasteiger partial charge < -0.3 is 9.64 Å². The van der Waals surface area contributed by atoms with Gasteiger partial charge in [0.15, 0.2) is 0 Å². The summed E-state index contributed by atoms with van der Waals surface area (Å²) in [5.74, 6) is 0.890. The largest absolute Gasteiger partial charge is 0.496 e. The van der Waals surface area contributed by atoms with Crippen LogP contribution in [0.1, 0.15) is 22.6 Å². The molecule has 2 aromatic rings. The Morgan fingerprint density at radius 2 is 2.09 bits per heavy atom. The van der Waals surface area contributed by atoms with E-state index in [1.165, 1.54) is 11.6 Å². The first-order valence-electron chi connectivity index (χ1n) is 7.46. The normalized spacial score (nSPS) is 16.6. The fourth-order valence-corrected chi connectivity index (χ4v) is 3.57. The van der Waals surface area contributed by atoms with E-state index in [2.05, 4.69) is 40.7 Å². The third-order valence-electron chi connectivity index (χ3n) is 4.25. The Kier molecular flexibility index (Phi) is 4.53. The van der Waals surface area contributed by atoms with Crippen LogP contribution < -0.4 is 4.74 Å². The number of nitrogens with zero attached hydrogens (tertiary/aromatic N) is 1. The summed E-state index contributed by atoms with van der Waals surface area (Å²) in [6, 6.07) is 14.3. The minimum atomic E-state index is -0.0458. The number of hydrogen-bond donors (Lipinski definition) is 0. The number of methoxy groups -OCH3 is 1. The average Bonchev–Trinajstić information content (AvgIpc) is 2.59.